The summed E-state index contributed by atoms with van der Waals surface area (Å²) in [6.45, 7) is 4.72. The van der Waals surface area contributed by atoms with Gasteiger partial charge in [0.1, 0.15) is 18.1 Å². The molecule has 0 spiro atoms. The van der Waals surface area contributed by atoms with Gasteiger partial charge in [0.25, 0.3) is 5.91 Å². The SMILES string of the molecule is Cc1noc(C)c1COc1ccc(C(=O)Nc2cnn(Cc3cccc4ccccc34)c2)cc1. The van der Waals surface area contributed by atoms with Gasteiger partial charge in [0.15, 0.2) is 0 Å². The molecule has 0 atom stereocenters. The Balaban J connectivity index is 1.21. The fourth-order valence-corrected chi connectivity index (χ4v) is 3.89. The molecule has 0 radical (unpaired) electrons. The highest BCUT2D eigenvalue weighted by Crippen LogP contribution is 2.21. The van der Waals surface area contributed by atoms with Gasteiger partial charge in [0.2, 0.25) is 0 Å². The van der Waals surface area contributed by atoms with E-state index in [1.54, 1.807) is 30.5 Å². The first kappa shape index (κ1) is 21.5. The van der Waals surface area contributed by atoms with E-state index in [1.165, 1.54) is 16.3 Å². The Labute approximate surface area is 197 Å². The lowest BCUT2D eigenvalue weighted by atomic mass is 10.0. The highest BCUT2D eigenvalue weighted by Gasteiger charge is 2.11. The van der Waals surface area contributed by atoms with Crippen molar-refractivity contribution in [2.45, 2.75) is 27.0 Å². The second kappa shape index (κ2) is 9.23. The number of aryl methyl sites for hydroxylation is 2. The van der Waals surface area contributed by atoms with Gasteiger partial charge in [-0.3, -0.25) is 9.48 Å². The summed E-state index contributed by atoms with van der Waals surface area (Å²) in [6, 6.07) is 21.5. The van der Waals surface area contributed by atoms with Crippen LogP contribution in [-0.4, -0.2) is 20.8 Å². The Morgan fingerprint density at radius 2 is 1.82 bits per heavy atom. The Hall–Kier alpha value is -4.39. The molecular weight excluding hydrogens is 428 g/mol. The van der Waals surface area contributed by atoms with Gasteiger partial charge in [-0.25, -0.2) is 0 Å². The molecule has 0 aliphatic carbocycles. The number of amides is 1. The number of ether oxygens (including phenoxy) is 1. The predicted molar refractivity (Wildman–Crippen MR) is 130 cm³/mol. The Morgan fingerprint density at radius 3 is 2.62 bits per heavy atom. The van der Waals surface area contributed by atoms with Crippen molar-refractivity contribution in [3.63, 3.8) is 0 Å². The summed E-state index contributed by atoms with van der Waals surface area (Å²) in [5.41, 5.74) is 4.10. The lowest BCUT2D eigenvalue weighted by Gasteiger charge is -2.08. The van der Waals surface area contributed by atoms with Crippen LogP contribution in [0.3, 0.4) is 0 Å². The van der Waals surface area contributed by atoms with Crippen LogP contribution in [0.4, 0.5) is 5.69 Å². The van der Waals surface area contributed by atoms with Crippen LogP contribution in [0, 0.1) is 13.8 Å². The molecule has 0 aliphatic rings. The minimum Gasteiger partial charge on any atom is -0.489 e. The fraction of sp³-hybridized carbons (Fsp3) is 0.148. The average Bonchev–Trinajstić information content (AvgIpc) is 3.43. The van der Waals surface area contributed by atoms with Crippen molar-refractivity contribution in [3.05, 3.63) is 107 Å². The molecule has 5 aromatic rings. The van der Waals surface area contributed by atoms with Gasteiger partial charge in [0, 0.05) is 11.8 Å². The number of rotatable bonds is 7. The largest absolute Gasteiger partial charge is 0.489 e. The lowest BCUT2D eigenvalue weighted by Crippen LogP contribution is -2.11. The number of hydrogen-bond donors (Lipinski definition) is 1. The van der Waals surface area contributed by atoms with Crippen molar-refractivity contribution in [2.24, 2.45) is 0 Å². The van der Waals surface area contributed by atoms with Crippen LogP contribution in [0.15, 0.2) is 83.6 Å². The number of nitrogens with zero attached hydrogens (tertiary/aromatic N) is 3. The summed E-state index contributed by atoms with van der Waals surface area (Å²) in [4.78, 5) is 12.7. The van der Waals surface area contributed by atoms with Gasteiger partial charge in [0.05, 0.1) is 29.7 Å². The van der Waals surface area contributed by atoms with Crippen molar-refractivity contribution < 1.29 is 14.1 Å². The Bertz CT molecular complexity index is 1430. The number of benzene rings is 3. The predicted octanol–water partition coefficient (Wildman–Crippen LogP) is 5.52. The maximum atomic E-state index is 12.7. The summed E-state index contributed by atoms with van der Waals surface area (Å²) in [6.07, 6.45) is 3.49. The number of fused-ring (bicyclic) bond motifs is 1. The third kappa shape index (κ3) is 4.54. The molecule has 7 nitrogen and oxygen atoms in total. The molecule has 0 fully saturated rings. The summed E-state index contributed by atoms with van der Waals surface area (Å²) in [5, 5.41) is 13.6. The highest BCUT2D eigenvalue weighted by atomic mass is 16.5. The number of nitrogens with one attached hydrogen (secondary N) is 1. The summed E-state index contributed by atoms with van der Waals surface area (Å²) < 4.78 is 12.8. The van der Waals surface area contributed by atoms with Crippen molar-refractivity contribution in [3.8, 4) is 5.75 Å². The molecule has 2 heterocycles. The summed E-state index contributed by atoms with van der Waals surface area (Å²) >= 11 is 0. The summed E-state index contributed by atoms with van der Waals surface area (Å²) in [7, 11) is 0. The monoisotopic (exact) mass is 452 g/mol. The van der Waals surface area contributed by atoms with Gasteiger partial charge in [-0.05, 0) is 54.4 Å². The summed E-state index contributed by atoms with van der Waals surface area (Å²) in [5.74, 6) is 1.20. The maximum Gasteiger partial charge on any atom is 0.255 e. The zero-order valence-corrected chi connectivity index (χ0v) is 19.0. The normalized spacial score (nSPS) is 11.0. The molecule has 0 aliphatic heterocycles. The molecule has 5 rings (SSSR count). The zero-order chi connectivity index (χ0) is 23.5. The van der Waals surface area contributed by atoms with Crippen LogP contribution in [-0.2, 0) is 13.2 Å². The van der Waals surface area contributed by atoms with Crippen LogP contribution in [0.1, 0.15) is 32.9 Å². The van der Waals surface area contributed by atoms with E-state index in [2.05, 4.69) is 39.8 Å². The molecule has 0 saturated heterocycles. The number of anilines is 1. The van der Waals surface area contributed by atoms with E-state index in [1.807, 2.05) is 42.9 Å². The van der Waals surface area contributed by atoms with Crippen LogP contribution >= 0.6 is 0 Å². The minimum atomic E-state index is -0.206. The second-order valence-electron chi connectivity index (χ2n) is 8.13. The van der Waals surface area contributed by atoms with Crippen LogP contribution in [0.25, 0.3) is 10.8 Å². The van der Waals surface area contributed by atoms with Gasteiger partial charge < -0.3 is 14.6 Å². The molecule has 34 heavy (non-hydrogen) atoms. The van der Waals surface area contributed by atoms with E-state index in [4.69, 9.17) is 9.26 Å². The molecule has 0 saturated carbocycles. The molecule has 2 aromatic heterocycles. The molecule has 0 unspecified atom stereocenters. The third-order valence-electron chi connectivity index (χ3n) is 5.78. The van der Waals surface area contributed by atoms with Gasteiger partial charge >= 0.3 is 0 Å². The van der Waals surface area contributed by atoms with Gasteiger partial charge in [-0.15, -0.1) is 0 Å². The number of aromatic nitrogens is 3. The van der Waals surface area contributed by atoms with Crippen molar-refractivity contribution in [2.75, 3.05) is 5.32 Å². The van der Waals surface area contributed by atoms with Gasteiger partial charge in [-0.2, -0.15) is 5.10 Å². The first-order valence-corrected chi connectivity index (χ1v) is 11.0. The second-order valence-corrected chi connectivity index (χ2v) is 8.13. The van der Waals surface area contributed by atoms with E-state index in [0.717, 1.165) is 17.0 Å². The average molecular weight is 453 g/mol. The molecule has 1 N–H and O–H groups in total. The van der Waals surface area contributed by atoms with E-state index in [-0.39, 0.29) is 5.91 Å². The smallest absolute Gasteiger partial charge is 0.255 e. The molecular formula is C27H24N4O3. The minimum absolute atomic E-state index is 0.206. The van der Waals surface area contributed by atoms with Crippen molar-refractivity contribution >= 4 is 22.4 Å². The zero-order valence-electron chi connectivity index (χ0n) is 19.0. The molecule has 3 aromatic carbocycles. The number of carbonyl (C=O) groups is 1. The first-order valence-electron chi connectivity index (χ1n) is 11.0. The molecule has 7 heteroatoms. The molecule has 0 bridgehead atoms. The lowest BCUT2D eigenvalue weighted by molar-refractivity contribution is 0.102. The third-order valence-corrected chi connectivity index (χ3v) is 5.78. The topological polar surface area (TPSA) is 82.2 Å². The van der Waals surface area contributed by atoms with E-state index < -0.39 is 0 Å². The Morgan fingerprint density at radius 1 is 1.03 bits per heavy atom. The Kier molecular flexibility index (Phi) is 5.82. The van der Waals surface area contributed by atoms with Crippen LogP contribution in [0.2, 0.25) is 0 Å². The van der Waals surface area contributed by atoms with Gasteiger partial charge in [-0.1, -0.05) is 47.6 Å². The van der Waals surface area contributed by atoms with Crippen LogP contribution < -0.4 is 10.1 Å². The van der Waals surface area contributed by atoms with E-state index in [0.29, 0.717) is 30.2 Å². The molecule has 1 amide bonds. The van der Waals surface area contributed by atoms with Crippen molar-refractivity contribution in [1.82, 2.24) is 14.9 Å². The van der Waals surface area contributed by atoms with Crippen molar-refractivity contribution in [1.29, 1.82) is 0 Å². The number of hydrogen-bond acceptors (Lipinski definition) is 5. The maximum absolute atomic E-state index is 12.7. The first-order chi connectivity index (χ1) is 16.6. The quantitative estimate of drug-likeness (QED) is 0.352. The highest BCUT2D eigenvalue weighted by molar-refractivity contribution is 6.04. The standard InChI is InChI=1S/C27H24N4O3/c1-18-26(19(2)34-30-18)17-33-24-12-10-21(11-13-24)27(32)29-23-14-28-31(16-23)15-22-8-5-7-20-6-3-4-9-25(20)22/h3-14,16H,15,17H2,1-2H3,(H,29,32). The number of carbonyl (C=O) groups excluding carboxylic acids is 1. The molecule has 170 valence electrons. The van der Waals surface area contributed by atoms with Crippen LogP contribution in [0.5, 0.6) is 5.75 Å². The van der Waals surface area contributed by atoms with E-state index >= 15 is 0 Å². The van der Waals surface area contributed by atoms with E-state index in [9.17, 15) is 4.79 Å². The fourth-order valence-electron chi connectivity index (χ4n) is 3.89.